The zero-order valence-corrected chi connectivity index (χ0v) is 12.3. The minimum atomic E-state index is -0.392. The monoisotopic (exact) mass is 273 g/mol. The highest BCUT2D eigenvalue weighted by Crippen LogP contribution is 2.31. The van der Waals surface area contributed by atoms with Gasteiger partial charge in [-0.15, -0.1) is 0 Å². The molecule has 1 aliphatic carbocycles. The average molecular weight is 273 g/mol. The first-order valence-corrected chi connectivity index (χ1v) is 7.42. The van der Waals surface area contributed by atoms with Crippen LogP contribution in [0.5, 0.6) is 0 Å². The maximum Gasteiger partial charge on any atom is 0.161 e. The number of carbonyl (C=O) groups is 1. The summed E-state index contributed by atoms with van der Waals surface area (Å²) in [5.41, 5.74) is 2.85. The molecule has 1 aromatic carbocycles. The number of ketones is 1. The molecular formula is C17H23NO2. The topological polar surface area (TPSA) is 40.5 Å². The third-order valence-corrected chi connectivity index (χ3v) is 3.89. The van der Waals surface area contributed by atoms with Gasteiger partial charge in [0, 0.05) is 31.5 Å². The van der Waals surface area contributed by atoms with Gasteiger partial charge in [0.1, 0.15) is 0 Å². The molecule has 0 heterocycles. The molecule has 1 saturated carbocycles. The molecule has 2 rings (SSSR count). The van der Waals surface area contributed by atoms with Crippen molar-refractivity contribution in [1.82, 2.24) is 4.90 Å². The lowest BCUT2D eigenvalue weighted by Gasteiger charge is -2.30. The van der Waals surface area contributed by atoms with Gasteiger partial charge in [0.05, 0.1) is 11.8 Å². The van der Waals surface area contributed by atoms with Crippen LogP contribution in [0.1, 0.15) is 38.7 Å². The molecular weight excluding hydrogens is 250 g/mol. The van der Waals surface area contributed by atoms with Gasteiger partial charge in [0.25, 0.3) is 0 Å². The Bertz CT molecular complexity index is 489. The fourth-order valence-electron chi connectivity index (χ4n) is 2.81. The third-order valence-electron chi connectivity index (χ3n) is 3.89. The van der Waals surface area contributed by atoms with Crippen molar-refractivity contribution in [3.05, 3.63) is 41.5 Å². The van der Waals surface area contributed by atoms with Crippen LogP contribution < -0.4 is 0 Å². The summed E-state index contributed by atoms with van der Waals surface area (Å²) in [4.78, 5) is 14.5. The summed E-state index contributed by atoms with van der Waals surface area (Å²) in [6.45, 7) is 5.90. The number of hydrogen-bond acceptors (Lipinski definition) is 3. The molecule has 3 heteroatoms. The van der Waals surface area contributed by atoms with Crippen LogP contribution in [0.3, 0.4) is 0 Å². The molecule has 20 heavy (non-hydrogen) atoms. The van der Waals surface area contributed by atoms with Gasteiger partial charge in [-0.1, -0.05) is 30.3 Å². The highest BCUT2D eigenvalue weighted by atomic mass is 16.3. The van der Waals surface area contributed by atoms with Crippen molar-refractivity contribution in [2.75, 3.05) is 13.1 Å². The maximum absolute atomic E-state index is 12.3. The lowest BCUT2D eigenvalue weighted by Crippen LogP contribution is -2.28. The number of aliphatic hydroxyl groups is 1. The van der Waals surface area contributed by atoms with E-state index in [1.54, 1.807) is 0 Å². The molecule has 3 nitrogen and oxygen atoms in total. The molecule has 0 saturated heterocycles. The van der Waals surface area contributed by atoms with Gasteiger partial charge in [0.15, 0.2) is 5.78 Å². The van der Waals surface area contributed by atoms with Crippen LogP contribution >= 0.6 is 0 Å². The Hall–Kier alpha value is -1.61. The summed E-state index contributed by atoms with van der Waals surface area (Å²) in [6, 6.07) is 10.0. The highest BCUT2D eigenvalue weighted by Gasteiger charge is 2.27. The number of Topliss-reactive ketones (excluding diaryl/α,β-unsaturated/α-hetero) is 1. The first kappa shape index (κ1) is 14.8. The number of benzene rings is 1. The molecule has 1 aliphatic rings. The van der Waals surface area contributed by atoms with E-state index in [2.05, 4.69) is 18.7 Å². The molecule has 1 fully saturated rings. The smallest absolute Gasteiger partial charge is 0.161 e. The van der Waals surface area contributed by atoms with E-state index in [0.717, 1.165) is 29.9 Å². The molecule has 0 radical (unpaired) electrons. The number of aliphatic hydroxyl groups excluding tert-OH is 1. The second-order valence-electron chi connectivity index (χ2n) is 5.19. The van der Waals surface area contributed by atoms with E-state index < -0.39 is 6.10 Å². The van der Waals surface area contributed by atoms with Crippen molar-refractivity contribution in [3.8, 4) is 0 Å². The highest BCUT2D eigenvalue weighted by molar-refractivity contribution is 6.03. The van der Waals surface area contributed by atoms with Crippen molar-refractivity contribution in [1.29, 1.82) is 0 Å². The first-order chi connectivity index (χ1) is 9.67. The molecule has 1 N–H and O–H groups in total. The van der Waals surface area contributed by atoms with Crippen molar-refractivity contribution in [2.24, 2.45) is 0 Å². The van der Waals surface area contributed by atoms with Crippen LogP contribution in [0, 0.1) is 0 Å². The minimum absolute atomic E-state index is 0.182. The van der Waals surface area contributed by atoms with Crippen LogP contribution in [-0.2, 0) is 4.79 Å². The molecule has 108 valence electrons. The maximum atomic E-state index is 12.3. The van der Waals surface area contributed by atoms with Crippen LogP contribution in [0.15, 0.2) is 35.9 Å². The van der Waals surface area contributed by atoms with Gasteiger partial charge in [-0.3, -0.25) is 4.79 Å². The summed E-state index contributed by atoms with van der Waals surface area (Å²) >= 11 is 0. The summed E-state index contributed by atoms with van der Waals surface area (Å²) in [5.74, 6) is 0.182. The van der Waals surface area contributed by atoms with Gasteiger partial charge >= 0.3 is 0 Å². The number of hydrogen-bond donors (Lipinski definition) is 1. The van der Waals surface area contributed by atoms with E-state index in [1.165, 1.54) is 0 Å². The second-order valence-corrected chi connectivity index (χ2v) is 5.19. The van der Waals surface area contributed by atoms with Crippen molar-refractivity contribution < 1.29 is 9.90 Å². The summed E-state index contributed by atoms with van der Waals surface area (Å²) < 4.78 is 0. The van der Waals surface area contributed by atoms with Crippen LogP contribution in [0.4, 0.5) is 0 Å². The molecule has 1 unspecified atom stereocenters. The Balaban J connectivity index is 2.52. The van der Waals surface area contributed by atoms with E-state index in [9.17, 15) is 9.90 Å². The summed E-state index contributed by atoms with van der Waals surface area (Å²) in [6.07, 6.45) is 1.12. The zero-order chi connectivity index (χ0) is 14.5. The van der Waals surface area contributed by atoms with Crippen molar-refractivity contribution in [2.45, 2.75) is 39.2 Å². The normalized spacial score (nSPS) is 21.8. The van der Waals surface area contributed by atoms with Gasteiger partial charge in [-0.2, -0.15) is 0 Å². The van der Waals surface area contributed by atoms with Gasteiger partial charge in [-0.05, 0) is 25.8 Å². The zero-order valence-electron chi connectivity index (χ0n) is 12.3. The average Bonchev–Trinajstić information content (AvgIpc) is 2.48. The fraction of sp³-hybridized carbons (Fsp3) is 0.471. The molecule has 0 aromatic heterocycles. The standard InChI is InChI=1S/C17H23NO2/c1-3-18(4-2)17(13-8-6-5-7-9-13)15-12-14(19)10-11-16(15)20/h5-9,14,19H,3-4,10-12H2,1-2H3. The Morgan fingerprint density at radius 2 is 1.90 bits per heavy atom. The minimum Gasteiger partial charge on any atom is -0.393 e. The summed E-state index contributed by atoms with van der Waals surface area (Å²) in [5, 5.41) is 9.92. The lowest BCUT2D eigenvalue weighted by atomic mass is 9.87. The number of nitrogens with zero attached hydrogens (tertiary/aromatic N) is 1. The predicted molar refractivity (Wildman–Crippen MR) is 81.1 cm³/mol. The van der Waals surface area contributed by atoms with Crippen molar-refractivity contribution >= 4 is 11.5 Å². The Labute approximate surface area is 120 Å². The molecule has 1 aromatic rings. The Kier molecular flexibility index (Phi) is 4.96. The largest absolute Gasteiger partial charge is 0.393 e. The Morgan fingerprint density at radius 3 is 2.50 bits per heavy atom. The van der Waals surface area contributed by atoms with E-state index in [0.29, 0.717) is 19.3 Å². The second kappa shape index (κ2) is 6.71. The number of carbonyl (C=O) groups excluding carboxylic acids is 1. The van der Waals surface area contributed by atoms with Gasteiger partial charge < -0.3 is 10.0 Å². The van der Waals surface area contributed by atoms with Gasteiger partial charge in [0.2, 0.25) is 0 Å². The number of rotatable bonds is 4. The van der Waals surface area contributed by atoms with Crippen LogP contribution in [0.25, 0.3) is 5.70 Å². The predicted octanol–water partition coefficient (Wildman–Crippen LogP) is 2.85. The van der Waals surface area contributed by atoms with E-state index in [1.807, 2.05) is 30.3 Å². The molecule has 0 amide bonds. The molecule has 0 bridgehead atoms. The van der Waals surface area contributed by atoms with Crippen LogP contribution in [-0.4, -0.2) is 35.0 Å². The van der Waals surface area contributed by atoms with E-state index >= 15 is 0 Å². The van der Waals surface area contributed by atoms with Crippen molar-refractivity contribution in [3.63, 3.8) is 0 Å². The molecule has 0 aliphatic heterocycles. The molecule has 1 atom stereocenters. The lowest BCUT2D eigenvalue weighted by molar-refractivity contribution is -0.117. The fourth-order valence-corrected chi connectivity index (χ4v) is 2.81. The first-order valence-electron chi connectivity index (χ1n) is 7.42. The third kappa shape index (κ3) is 3.10. The van der Waals surface area contributed by atoms with E-state index in [4.69, 9.17) is 0 Å². The van der Waals surface area contributed by atoms with Gasteiger partial charge in [-0.25, -0.2) is 0 Å². The van der Waals surface area contributed by atoms with Crippen LogP contribution in [0.2, 0.25) is 0 Å². The molecule has 0 spiro atoms. The summed E-state index contributed by atoms with van der Waals surface area (Å²) in [7, 11) is 0. The quantitative estimate of drug-likeness (QED) is 0.858. The Morgan fingerprint density at radius 1 is 1.25 bits per heavy atom. The van der Waals surface area contributed by atoms with E-state index in [-0.39, 0.29) is 5.78 Å². The SMILES string of the molecule is CCN(CC)C(=C1CC(O)CCC1=O)c1ccccc1.